The first-order chi connectivity index (χ1) is 11.6. The van der Waals surface area contributed by atoms with Gasteiger partial charge in [0.25, 0.3) is 5.22 Å². The largest absolute Gasteiger partial charge is 0.411 e. The molecule has 130 valence electrons. The predicted octanol–water partition coefficient (Wildman–Crippen LogP) is 4.57. The van der Waals surface area contributed by atoms with Crippen LogP contribution in [0, 0.1) is 0 Å². The molecule has 1 amide bonds. The second kappa shape index (κ2) is 9.69. The Labute approximate surface area is 151 Å². The van der Waals surface area contributed by atoms with E-state index in [-0.39, 0.29) is 17.7 Å². The van der Waals surface area contributed by atoms with Crippen LogP contribution < -0.4 is 5.32 Å². The molecule has 24 heavy (non-hydrogen) atoms. The molecule has 1 heterocycles. The summed E-state index contributed by atoms with van der Waals surface area (Å²) in [6, 6.07) is 7.46. The van der Waals surface area contributed by atoms with E-state index >= 15 is 0 Å². The second-order valence-corrected chi connectivity index (χ2v) is 6.94. The van der Waals surface area contributed by atoms with Crippen LogP contribution in [0.1, 0.15) is 39.5 Å². The standard InChI is InChI=1S/C17H22ClN3O2S/c1-3-4-5-8-12(2)19-15(22)11-24-17-21-20-16(23-17)13-9-6-7-10-14(13)18/h6-7,9-10,12H,3-5,8,11H2,1-2H3,(H,19,22). The summed E-state index contributed by atoms with van der Waals surface area (Å²) < 4.78 is 5.56. The zero-order chi connectivity index (χ0) is 17.4. The molecule has 1 aromatic carbocycles. The molecule has 0 aliphatic rings. The van der Waals surface area contributed by atoms with E-state index in [1.165, 1.54) is 24.6 Å². The van der Waals surface area contributed by atoms with Crippen molar-refractivity contribution in [2.75, 3.05) is 5.75 Å². The molecule has 0 aliphatic carbocycles. The van der Waals surface area contributed by atoms with Gasteiger partial charge in [0.05, 0.1) is 16.3 Å². The molecule has 1 unspecified atom stereocenters. The molecule has 0 aliphatic heterocycles. The Balaban J connectivity index is 1.81. The Hall–Kier alpha value is -1.53. The summed E-state index contributed by atoms with van der Waals surface area (Å²) in [7, 11) is 0. The minimum atomic E-state index is -0.0264. The molecule has 0 saturated heterocycles. The molecule has 7 heteroatoms. The van der Waals surface area contributed by atoms with Crippen LogP contribution in [-0.4, -0.2) is 27.9 Å². The highest BCUT2D eigenvalue weighted by molar-refractivity contribution is 7.99. The second-order valence-electron chi connectivity index (χ2n) is 5.61. The van der Waals surface area contributed by atoms with Gasteiger partial charge in [0, 0.05) is 6.04 Å². The third-order valence-electron chi connectivity index (χ3n) is 3.49. The SMILES string of the molecule is CCCCCC(C)NC(=O)CSc1nnc(-c2ccccc2Cl)o1. The van der Waals surface area contributed by atoms with Crippen LogP contribution >= 0.6 is 23.4 Å². The maximum Gasteiger partial charge on any atom is 0.277 e. The lowest BCUT2D eigenvalue weighted by molar-refractivity contribution is -0.119. The fourth-order valence-electron chi connectivity index (χ4n) is 2.23. The topological polar surface area (TPSA) is 68.0 Å². The van der Waals surface area contributed by atoms with Crippen LogP contribution in [0.2, 0.25) is 5.02 Å². The first-order valence-corrected chi connectivity index (χ1v) is 9.47. The number of aromatic nitrogens is 2. The number of amides is 1. The van der Waals surface area contributed by atoms with Crippen molar-refractivity contribution in [1.29, 1.82) is 0 Å². The summed E-state index contributed by atoms with van der Waals surface area (Å²) in [5.74, 6) is 0.584. The molecular weight excluding hydrogens is 346 g/mol. The molecular formula is C17H22ClN3O2S. The van der Waals surface area contributed by atoms with Gasteiger partial charge in [0.2, 0.25) is 11.8 Å². The summed E-state index contributed by atoms with van der Waals surface area (Å²) >= 11 is 7.33. The van der Waals surface area contributed by atoms with Crippen LogP contribution in [0.5, 0.6) is 0 Å². The van der Waals surface area contributed by atoms with Crippen LogP contribution in [0.15, 0.2) is 33.9 Å². The van der Waals surface area contributed by atoms with E-state index in [2.05, 4.69) is 22.4 Å². The van der Waals surface area contributed by atoms with Gasteiger partial charge in [-0.3, -0.25) is 4.79 Å². The van der Waals surface area contributed by atoms with Crippen LogP contribution in [0.25, 0.3) is 11.5 Å². The van der Waals surface area contributed by atoms with Crippen molar-refractivity contribution in [3.05, 3.63) is 29.3 Å². The zero-order valence-corrected chi connectivity index (χ0v) is 15.5. The van der Waals surface area contributed by atoms with E-state index < -0.39 is 0 Å². The first kappa shape index (κ1) is 18.8. The van der Waals surface area contributed by atoms with Crippen molar-refractivity contribution >= 4 is 29.3 Å². The lowest BCUT2D eigenvalue weighted by atomic mass is 10.1. The molecule has 1 N–H and O–H groups in total. The van der Waals surface area contributed by atoms with Gasteiger partial charge in [-0.1, -0.05) is 61.7 Å². The number of carbonyl (C=O) groups excluding carboxylic acids is 1. The lowest BCUT2D eigenvalue weighted by Gasteiger charge is -2.12. The van der Waals surface area contributed by atoms with Gasteiger partial charge in [0.1, 0.15) is 0 Å². The summed E-state index contributed by atoms with van der Waals surface area (Å²) in [6.07, 6.45) is 4.51. The number of unbranched alkanes of at least 4 members (excludes halogenated alkanes) is 2. The van der Waals surface area contributed by atoms with Crippen molar-refractivity contribution < 1.29 is 9.21 Å². The molecule has 0 spiro atoms. The Morgan fingerprint density at radius 2 is 2.12 bits per heavy atom. The van der Waals surface area contributed by atoms with Gasteiger partial charge >= 0.3 is 0 Å². The Bertz CT molecular complexity index is 663. The number of nitrogens with zero attached hydrogens (tertiary/aromatic N) is 2. The lowest BCUT2D eigenvalue weighted by Crippen LogP contribution is -2.33. The Morgan fingerprint density at radius 3 is 2.88 bits per heavy atom. The number of halogens is 1. The number of benzene rings is 1. The number of carbonyl (C=O) groups is 1. The van der Waals surface area contributed by atoms with Crippen molar-refractivity contribution in [3.63, 3.8) is 0 Å². The highest BCUT2D eigenvalue weighted by atomic mass is 35.5. The third kappa shape index (κ3) is 5.83. The third-order valence-corrected chi connectivity index (χ3v) is 4.63. The zero-order valence-electron chi connectivity index (χ0n) is 13.9. The van der Waals surface area contributed by atoms with E-state index in [1.807, 2.05) is 25.1 Å². The van der Waals surface area contributed by atoms with Gasteiger partial charge in [-0.25, -0.2) is 0 Å². The van der Waals surface area contributed by atoms with E-state index in [0.717, 1.165) is 12.8 Å². The molecule has 0 saturated carbocycles. The minimum absolute atomic E-state index is 0.0264. The molecule has 0 radical (unpaired) electrons. The maximum atomic E-state index is 11.9. The van der Waals surface area contributed by atoms with Crippen molar-refractivity contribution in [3.8, 4) is 11.5 Å². The smallest absolute Gasteiger partial charge is 0.277 e. The van der Waals surface area contributed by atoms with Gasteiger partial charge in [-0.05, 0) is 25.5 Å². The quantitative estimate of drug-likeness (QED) is 0.519. The minimum Gasteiger partial charge on any atom is -0.411 e. The molecule has 1 aromatic heterocycles. The van der Waals surface area contributed by atoms with E-state index in [1.54, 1.807) is 6.07 Å². The first-order valence-electron chi connectivity index (χ1n) is 8.10. The average molecular weight is 368 g/mol. The van der Waals surface area contributed by atoms with Gasteiger partial charge in [0.15, 0.2) is 0 Å². The van der Waals surface area contributed by atoms with Gasteiger partial charge in [-0.15, -0.1) is 10.2 Å². The monoisotopic (exact) mass is 367 g/mol. The molecule has 0 fully saturated rings. The summed E-state index contributed by atoms with van der Waals surface area (Å²) in [5.41, 5.74) is 0.688. The number of hydrogen-bond acceptors (Lipinski definition) is 5. The number of rotatable bonds is 9. The number of hydrogen-bond donors (Lipinski definition) is 1. The molecule has 2 rings (SSSR count). The van der Waals surface area contributed by atoms with Crippen molar-refractivity contribution in [2.24, 2.45) is 0 Å². The number of thioether (sulfide) groups is 1. The fourth-order valence-corrected chi connectivity index (χ4v) is 3.02. The highest BCUT2D eigenvalue weighted by Gasteiger charge is 2.14. The van der Waals surface area contributed by atoms with Crippen LogP contribution in [0.3, 0.4) is 0 Å². The normalized spacial score (nSPS) is 12.1. The maximum absolute atomic E-state index is 11.9. The van der Waals surface area contributed by atoms with Crippen molar-refractivity contribution in [1.82, 2.24) is 15.5 Å². The summed E-state index contributed by atoms with van der Waals surface area (Å²) in [5, 5.41) is 11.8. The molecule has 2 aromatic rings. The number of nitrogens with one attached hydrogen (secondary N) is 1. The van der Waals surface area contributed by atoms with Gasteiger partial charge < -0.3 is 9.73 Å². The van der Waals surface area contributed by atoms with E-state index in [0.29, 0.717) is 21.7 Å². The van der Waals surface area contributed by atoms with E-state index in [9.17, 15) is 4.79 Å². The molecule has 1 atom stereocenters. The van der Waals surface area contributed by atoms with Crippen LogP contribution in [-0.2, 0) is 4.79 Å². The Morgan fingerprint density at radius 1 is 1.33 bits per heavy atom. The van der Waals surface area contributed by atoms with Gasteiger partial charge in [-0.2, -0.15) is 0 Å². The molecule has 5 nitrogen and oxygen atoms in total. The summed E-state index contributed by atoms with van der Waals surface area (Å²) in [6.45, 7) is 4.20. The Kier molecular flexibility index (Phi) is 7.59. The van der Waals surface area contributed by atoms with Crippen molar-refractivity contribution in [2.45, 2.75) is 50.8 Å². The fraction of sp³-hybridized carbons (Fsp3) is 0.471. The highest BCUT2D eigenvalue weighted by Crippen LogP contribution is 2.28. The van der Waals surface area contributed by atoms with E-state index in [4.69, 9.17) is 16.0 Å². The predicted molar refractivity (Wildman–Crippen MR) is 97.2 cm³/mol. The average Bonchev–Trinajstić information content (AvgIpc) is 3.02. The molecule has 0 bridgehead atoms. The van der Waals surface area contributed by atoms with Crippen LogP contribution in [0.4, 0.5) is 0 Å². The summed E-state index contributed by atoms with van der Waals surface area (Å²) in [4.78, 5) is 11.9.